The third-order valence-electron chi connectivity index (χ3n) is 6.28. The molecule has 13 nitrogen and oxygen atoms in total. The molecule has 1 saturated heterocycles. The first-order valence-electron chi connectivity index (χ1n) is 11.8. The Labute approximate surface area is 231 Å². The summed E-state index contributed by atoms with van der Waals surface area (Å²) in [6, 6.07) is 4.85. The number of pyridine rings is 1. The maximum Gasteiger partial charge on any atom is 0.286 e. The molecule has 15 heteroatoms. The molecule has 0 spiro atoms. The zero-order chi connectivity index (χ0) is 27.8. The molecular weight excluding hydrogens is 544 g/mol. The van der Waals surface area contributed by atoms with Crippen molar-refractivity contribution in [2.24, 2.45) is 5.16 Å². The van der Waals surface area contributed by atoms with Gasteiger partial charge in [-0.2, -0.15) is 4.40 Å². The molecule has 0 aromatic carbocycles. The van der Waals surface area contributed by atoms with Gasteiger partial charge in [0.1, 0.15) is 37.0 Å². The number of oxime groups is 1. The lowest BCUT2D eigenvalue weighted by Crippen LogP contribution is -2.71. The summed E-state index contributed by atoms with van der Waals surface area (Å²) in [5.74, 6) is -2.33. The molecule has 0 unspecified atom stereocenters. The average Bonchev–Trinajstić information content (AvgIpc) is 3.48. The average molecular weight is 571 g/mol. The number of anilines is 1. The van der Waals surface area contributed by atoms with Gasteiger partial charge in [0.25, 0.3) is 17.5 Å². The van der Waals surface area contributed by atoms with Crippen LogP contribution in [0.5, 0.6) is 0 Å². The number of nitrogen functional groups attached to an aromatic ring is 1. The number of imidazole rings is 1. The Morgan fingerprint density at radius 3 is 2.85 bits per heavy atom. The number of aliphatic carboxylic acids is 1. The number of thioether (sulfide) groups is 1. The number of hydrogen-bond donors (Lipinski definition) is 2. The number of carbonyl (C=O) groups is 3. The summed E-state index contributed by atoms with van der Waals surface area (Å²) in [4.78, 5) is 50.5. The topological polar surface area (TPSA) is 162 Å². The summed E-state index contributed by atoms with van der Waals surface area (Å²) >= 11 is 2.50. The van der Waals surface area contributed by atoms with Gasteiger partial charge in [0, 0.05) is 22.8 Å². The highest BCUT2D eigenvalue weighted by Gasteiger charge is 2.53. The number of fused-ring (bicyclic) bond motifs is 2. The molecule has 2 atom stereocenters. The van der Waals surface area contributed by atoms with E-state index in [2.05, 4.69) is 15.5 Å². The van der Waals surface area contributed by atoms with Crippen molar-refractivity contribution >= 4 is 57.4 Å². The molecule has 0 aliphatic carbocycles. The van der Waals surface area contributed by atoms with Gasteiger partial charge in [-0.3, -0.25) is 14.5 Å². The Morgan fingerprint density at radius 1 is 1.38 bits per heavy atom. The number of carboxylic acid groups (broad SMARTS) is 1. The van der Waals surface area contributed by atoms with E-state index in [1.165, 1.54) is 23.8 Å². The monoisotopic (exact) mass is 570 g/mol. The molecule has 0 bridgehead atoms. The molecule has 204 valence electrons. The molecule has 3 N–H and O–H groups in total. The summed E-state index contributed by atoms with van der Waals surface area (Å²) < 4.78 is 4.02. The Bertz CT molecular complexity index is 1530. The number of nitrogens with one attached hydrogen (secondary N) is 1. The van der Waals surface area contributed by atoms with E-state index in [0.717, 1.165) is 22.7 Å². The van der Waals surface area contributed by atoms with Crippen molar-refractivity contribution in [2.45, 2.75) is 24.5 Å². The van der Waals surface area contributed by atoms with Gasteiger partial charge in [0.15, 0.2) is 16.5 Å². The van der Waals surface area contributed by atoms with Crippen LogP contribution in [-0.4, -0.2) is 81.2 Å². The van der Waals surface area contributed by atoms with Crippen LogP contribution in [-0.2, 0) is 32.3 Å². The maximum atomic E-state index is 13.2. The van der Waals surface area contributed by atoms with Crippen molar-refractivity contribution in [3.63, 3.8) is 0 Å². The van der Waals surface area contributed by atoms with E-state index in [1.54, 1.807) is 5.38 Å². The number of carboxylic acids is 1. The van der Waals surface area contributed by atoms with Crippen LogP contribution in [0.2, 0.25) is 0 Å². The molecule has 3 aromatic heterocycles. The Hall–Kier alpha value is -3.95. The zero-order valence-corrected chi connectivity index (χ0v) is 23.0. The predicted octanol–water partition coefficient (Wildman–Crippen LogP) is -1.22. The summed E-state index contributed by atoms with van der Waals surface area (Å²) in [7, 11) is 5.23. The first kappa shape index (κ1) is 26.6. The highest BCUT2D eigenvalue weighted by atomic mass is 32.2. The van der Waals surface area contributed by atoms with Gasteiger partial charge in [-0.25, -0.2) is 9.55 Å². The standard InChI is InChI=1S/C24H26N8O5S2/c1-29(2)9-14-10-30(16-6-4-5-7-31(14)16)8-13-11-38-22-18(21(34)32(22)19(13)23(35)36)27-20(33)17(28-37-3)15-12-39-24(25)26-15/h4-7,10,12,18,22H,8-9,11H2,1-3H3,(H3-,25,26,27,33,35,36)/b28-17-/t18-,22+/m1/s1. The van der Waals surface area contributed by atoms with Gasteiger partial charge in [0.05, 0.1) is 24.4 Å². The lowest BCUT2D eigenvalue weighted by Gasteiger charge is -2.50. The largest absolute Gasteiger partial charge is 0.543 e. The van der Waals surface area contributed by atoms with E-state index in [1.807, 2.05) is 58.6 Å². The molecular formula is C24H26N8O5S2. The van der Waals surface area contributed by atoms with E-state index in [4.69, 9.17) is 10.6 Å². The van der Waals surface area contributed by atoms with E-state index < -0.39 is 29.2 Å². The fourth-order valence-electron chi connectivity index (χ4n) is 4.69. The third-order valence-corrected chi connectivity index (χ3v) is 8.29. The van der Waals surface area contributed by atoms with Crippen molar-refractivity contribution in [1.82, 2.24) is 24.7 Å². The number of amides is 2. The van der Waals surface area contributed by atoms with Crippen LogP contribution in [0.4, 0.5) is 5.13 Å². The maximum absolute atomic E-state index is 13.2. The molecule has 5 rings (SSSR count). The molecule has 39 heavy (non-hydrogen) atoms. The van der Waals surface area contributed by atoms with E-state index >= 15 is 0 Å². The van der Waals surface area contributed by atoms with Crippen LogP contribution < -0.4 is 20.6 Å². The van der Waals surface area contributed by atoms with Crippen LogP contribution >= 0.6 is 23.1 Å². The van der Waals surface area contributed by atoms with Crippen molar-refractivity contribution < 1.29 is 28.7 Å². The lowest BCUT2D eigenvalue weighted by atomic mass is 10.0. The van der Waals surface area contributed by atoms with Crippen molar-refractivity contribution in [2.75, 3.05) is 32.7 Å². The fourth-order valence-corrected chi connectivity index (χ4v) is 6.57. The quantitative estimate of drug-likeness (QED) is 0.139. The number of hydrogen-bond acceptors (Lipinski definition) is 11. The minimum Gasteiger partial charge on any atom is -0.543 e. The van der Waals surface area contributed by atoms with E-state index in [9.17, 15) is 19.5 Å². The predicted molar refractivity (Wildman–Crippen MR) is 142 cm³/mol. The molecule has 1 fully saturated rings. The molecule has 3 aromatic rings. The Morgan fingerprint density at radius 2 is 2.18 bits per heavy atom. The SMILES string of the molecule is CO/N=C(\C(=O)N[C@@H]1C(=O)N2C(C(=O)[O-])=C(Cn3cc(CN(C)C)[n+]4ccccc34)CS[C@@H]12)c1csc(N)n1. The van der Waals surface area contributed by atoms with E-state index in [0.29, 0.717) is 17.9 Å². The van der Waals surface area contributed by atoms with Crippen LogP contribution in [0.25, 0.3) is 5.65 Å². The molecule has 0 radical (unpaired) electrons. The molecule has 2 aliphatic heterocycles. The number of aromatic nitrogens is 3. The summed E-state index contributed by atoms with van der Waals surface area (Å²) in [6.07, 6.45) is 3.94. The number of β-lactam (4-membered cyclic amide) rings is 1. The number of nitrogens with zero attached hydrogens (tertiary/aromatic N) is 6. The molecule has 2 aliphatic rings. The van der Waals surface area contributed by atoms with Crippen LogP contribution in [0.3, 0.4) is 0 Å². The highest BCUT2D eigenvalue weighted by molar-refractivity contribution is 8.00. The fraction of sp³-hybridized carbons (Fsp3) is 0.333. The summed E-state index contributed by atoms with van der Waals surface area (Å²) in [5, 5.41) is 19.8. The van der Waals surface area contributed by atoms with Crippen molar-refractivity contribution in [3.05, 3.63) is 58.6 Å². The van der Waals surface area contributed by atoms with Gasteiger partial charge in [-0.15, -0.1) is 23.1 Å². The second kappa shape index (κ2) is 10.7. The first-order valence-corrected chi connectivity index (χ1v) is 13.8. The smallest absolute Gasteiger partial charge is 0.286 e. The molecule has 5 heterocycles. The summed E-state index contributed by atoms with van der Waals surface area (Å²) in [6.45, 7) is 0.954. The van der Waals surface area contributed by atoms with Crippen LogP contribution in [0.1, 0.15) is 11.4 Å². The Balaban J connectivity index is 1.39. The second-order valence-corrected chi connectivity index (χ2v) is 11.2. The van der Waals surface area contributed by atoms with Crippen LogP contribution in [0.15, 0.2) is 52.4 Å². The normalized spacial score (nSPS) is 19.3. The van der Waals surface area contributed by atoms with Gasteiger partial charge in [-0.1, -0.05) is 11.2 Å². The van der Waals surface area contributed by atoms with Gasteiger partial charge in [0.2, 0.25) is 0 Å². The van der Waals surface area contributed by atoms with Gasteiger partial charge in [-0.05, 0) is 20.2 Å². The third kappa shape index (κ3) is 4.95. The lowest BCUT2D eigenvalue weighted by molar-refractivity contribution is -0.521. The van der Waals surface area contributed by atoms with Gasteiger partial charge < -0.3 is 30.7 Å². The first-order chi connectivity index (χ1) is 18.7. The van der Waals surface area contributed by atoms with Crippen molar-refractivity contribution in [3.8, 4) is 0 Å². The number of nitrogens with two attached hydrogens (primary N) is 1. The van der Waals surface area contributed by atoms with Crippen molar-refractivity contribution in [1.29, 1.82) is 0 Å². The Kier molecular flexibility index (Phi) is 7.29. The van der Waals surface area contributed by atoms with Gasteiger partial charge >= 0.3 is 0 Å². The highest BCUT2D eigenvalue weighted by Crippen LogP contribution is 2.40. The minimum atomic E-state index is -1.44. The zero-order valence-electron chi connectivity index (χ0n) is 21.4. The number of rotatable bonds is 9. The number of carbonyl (C=O) groups excluding carboxylic acids is 3. The molecule has 2 amide bonds. The molecule has 0 saturated carbocycles. The minimum absolute atomic E-state index is 0.139. The number of thiazole rings is 1. The summed E-state index contributed by atoms with van der Waals surface area (Å²) in [5.41, 5.74) is 8.04. The van der Waals surface area contributed by atoms with Crippen LogP contribution in [0, 0.1) is 0 Å². The van der Waals surface area contributed by atoms with E-state index in [-0.39, 0.29) is 28.8 Å². The second-order valence-electron chi connectivity index (χ2n) is 9.21.